The SMILES string of the molecule is O=C(NC[C@@H]1CCCO1)c1cccnc1N1CCN(C(=O)c2ccc(Cl)cc2F)CC1. The molecule has 0 spiro atoms. The highest BCUT2D eigenvalue weighted by atomic mass is 35.5. The number of halogens is 2. The van der Waals surface area contributed by atoms with Gasteiger partial charge in [-0.15, -0.1) is 0 Å². The number of ether oxygens (including phenoxy) is 1. The number of hydrogen-bond donors (Lipinski definition) is 1. The fourth-order valence-corrected chi connectivity index (χ4v) is 4.05. The number of aromatic nitrogens is 1. The summed E-state index contributed by atoms with van der Waals surface area (Å²) in [4.78, 5) is 33.4. The van der Waals surface area contributed by atoms with E-state index in [0.29, 0.717) is 44.1 Å². The number of pyridine rings is 1. The number of nitrogens with zero attached hydrogens (tertiary/aromatic N) is 3. The molecule has 0 bridgehead atoms. The first-order chi connectivity index (χ1) is 15.0. The average Bonchev–Trinajstić information content (AvgIpc) is 3.31. The Morgan fingerprint density at radius 1 is 1.19 bits per heavy atom. The zero-order valence-corrected chi connectivity index (χ0v) is 17.8. The van der Waals surface area contributed by atoms with Gasteiger partial charge in [0.25, 0.3) is 11.8 Å². The van der Waals surface area contributed by atoms with Gasteiger partial charge in [0.1, 0.15) is 11.6 Å². The lowest BCUT2D eigenvalue weighted by atomic mass is 10.1. The molecule has 0 radical (unpaired) electrons. The van der Waals surface area contributed by atoms with Gasteiger partial charge in [0.05, 0.1) is 17.2 Å². The van der Waals surface area contributed by atoms with Gasteiger partial charge in [-0.2, -0.15) is 0 Å². The van der Waals surface area contributed by atoms with Crippen molar-refractivity contribution < 1.29 is 18.7 Å². The Labute approximate surface area is 185 Å². The summed E-state index contributed by atoms with van der Waals surface area (Å²) in [5, 5.41) is 3.18. The van der Waals surface area contributed by atoms with Crippen molar-refractivity contribution in [1.29, 1.82) is 0 Å². The van der Waals surface area contributed by atoms with Gasteiger partial charge in [0.15, 0.2) is 0 Å². The van der Waals surface area contributed by atoms with E-state index in [4.69, 9.17) is 16.3 Å². The number of carbonyl (C=O) groups is 2. The van der Waals surface area contributed by atoms with E-state index < -0.39 is 5.82 Å². The van der Waals surface area contributed by atoms with E-state index in [9.17, 15) is 14.0 Å². The van der Waals surface area contributed by atoms with Crippen LogP contribution >= 0.6 is 11.6 Å². The summed E-state index contributed by atoms with van der Waals surface area (Å²) in [6.45, 7) is 2.99. The van der Waals surface area contributed by atoms with Gasteiger partial charge in [-0.3, -0.25) is 9.59 Å². The molecule has 2 amide bonds. The molecule has 0 aliphatic carbocycles. The van der Waals surface area contributed by atoms with E-state index >= 15 is 0 Å². The highest BCUT2D eigenvalue weighted by molar-refractivity contribution is 6.30. The summed E-state index contributed by atoms with van der Waals surface area (Å²) in [5.74, 6) is -0.614. The molecule has 9 heteroatoms. The molecule has 1 aromatic heterocycles. The first-order valence-corrected chi connectivity index (χ1v) is 10.7. The third-order valence-corrected chi connectivity index (χ3v) is 5.81. The average molecular weight is 447 g/mol. The summed E-state index contributed by atoms with van der Waals surface area (Å²) < 4.78 is 19.7. The van der Waals surface area contributed by atoms with Crippen LogP contribution in [-0.2, 0) is 4.74 Å². The number of piperazine rings is 1. The number of hydrogen-bond acceptors (Lipinski definition) is 5. The van der Waals surface area contributed by atoms with Gasteiger partial charge in [-0.05, 0) is 43.2 Å². The van der Waals surface area contributed by atoms with Crippen molar-refractivity contribution in [3.05, 3.63) is 58.5 Å². The number of amides is 2. The van der Waals surface area contributed by atoms with Crippen LogP contribution in [0.2, 0.25) is 5.02 Å². The maximum absolute atomic E-state index is 14.1. The van der Waals surface area contributed by atoms with Crippen LogP contribution in [0.3, 0.4) is 0 Å². The van der Waals surface area contributed by atoms with Crippen LogP contribution in [0.1, 0.15) is 33.6 Å². The molecule has 2 saturated heterocycles. The van der Waals surface area contributed by atoms with Crippen LogP contribution in [0, 0.1) is 5.82 Å². The molecule has 1 atom stereocenters. The minimum absolute atomic E-state index is 0.00452. The predicted octanol–water partition coefficient (Wildman–Crippen LogP) is 2.75. The Kier molecular flexibility index (Phi) is 6.67. The van der Waals surface area contributed by atoms with Crippen molar-refractivity contribution in [3.63, 3.8) is 0 Å². The predicted molar refractivity (Wildman–Crippen MR) is 115 cm³/mol. The van der Waals surface area contributed by atoms with Crippen LogP contribution in [0.5, 0.6) is 0 Å². The third-order valence-electron chi connectivity index (χ3n) is 5.57. The molecule has 7 nitrogen and oxygen atoms in total. The second kappa shape index (κ2) is 9.62. The Morgan fingerprint density at radius 2 is 2.00 bits per heavy atom. The van der Waals surface area contributed by atoms with Crippen molar-refractivity contribution in [3.8, 4) is 0 Å². The highest BCUT2D eigenvalue weighted by Crippen LogP contribution is 2.21. The quantitative estimate of drug-likeness (QED) is 0.764. The minimum atomic E-state index is -0.630. The minimum Gasteiger partial charge on any atom is -0.376 e. The maximum atomic E-state index is 14.1. The van der Waals surface area contributed by atoms with Gasteiger partial charge in [-0.1, -0.05) is 11.6 Å². The third kappa shape index (κ3) is 4.97. The topological polar surface area (TPSA) is 74.8 Å². The molecule has 1 N–H and O–H groups in total. The van der Waals surface area contributed by atoms with Crippen molar-refractivity contribution in [2.45, 2.75) is 18.9 Å². The van der Waals surface area contributed by atoms with Crippen LogP contribution in [0.4, 0.5) is 10.2 Å². The van der Waals surface area contributed by atoms with Crippen LogP contribution in [-0.4, -0.2) is 67.1 Å². The van der Waals surface area contributed by atoms with Gasteiger partial charge < -0.3 is 19.9 Å². The Bertz CT molecular complexity index is 960. The molecule has 2 fully saturated rings. The zero-order chi connectivity index (χ0) is 21.8. The molecule has 3 heterocycles. The van der Waals surface area contributed by atoms with E-state index in [1.807, 2.05) is 4.90 Å². The molecule has 0 saturated carbocycles. The van der Waals surface area contributed by atoms with E-state index in [2.05, 4.69) is 10.3 Å². The van der Waals surface area contributed by atoms with Crippen molar-refractivity contribution in [2.24, 2.45) is 0 Å². The van der Waals surface area contributed by atoms with E-state index in [1.54, 1.807) is 23.2 Å². The maximum Gasteiger partial charge on any atom is 0.256 e. The van der Waals surface area contributed by atoms with Crippen molar-refractivity contribution in [1.82, 2.24) is 15.2 Å². The van der Waals surface area contributed by atoms with Gasteiger partial charge in [0, 0.05) is 50.6 Å². The summed E-state index contributed by atoms with van der Waals surface area (Å²) >= 11 is 5.78. The lowest BCUT2D eigenvalue weighted by molar-refractivity contribution is 0.0740. The van der Waals surface area contributed by atoms with Crippen LogP contribution in [0.15, 0.2) is 36.5 Å². The molecule has 4 rings (SSSR count). The number of carbonyl (C=O) groups excluding carboxylic acids is 2. The zero-order valence-electron chi connectivity index (χ0n) is 17.0. The fourth-order valence-electron chi connectivity index (χ4n) is 3.89. The monoisotopic (exact) mass is 446 g/mol. The number of anilines is 1. The number of rotatable bonds is 5. The molecule has 31 heavy (non-hydrogen) atoms. The fraction of sp³-hybridized carbons (Fsp3) is 0.409. The van der Waals surface area contributed by atoms with Gasteiger partial charge in [-0.25, -0.2) is 9.37 Å². The smallest absolute Gasteiger partial charge is 0.256 e. The first kappa shape index (κ1) is 21.5. The normalized spacial score (nSPS) is 18.8. The summed E-state index contributed by atoms with van der Waals surface area (Å²) in [5.41, 5.74) is 0.494. The Balaban J connectivity index is 1.39. The summed E-state index contributed by atoms with van der Waals surface area (Å²) in [6.07, 6.45) is 3.67. The summed E-state index contributed by atoms with van der Waals surface area (Å²) in [7, 11) is 0. The van der Waals surface area contributed by atoms with Crippen molar-refractivity contribution in [2.75, 3.05) is 44.2 Å². The second-order valence-electron chi connectivity index (χ2n) is 7.62. The number of nitrogens with one attached hydrogen (secondary N) is 1. The molecule has 164 valence electrons. The molecule has 1 aromatic carbocycles. The van der Waals surface area contributed by atoms with Gasteiger partial charge >= 0.3 is 0 Å². The van der Waals surface area contributed by atoms with Crippen LogP contribution < -0.4 is 10.2 Å². The second-order valence-corrected chi connectivity index (χ2v) is 8.06. The van der Waals surface area contributed by atoms with E-state index in [0.717, 1.165) is 25.5 Å². The Morgan fingerprint density at radius 3 is 2.71 bits per heavy atom. The van der Waals surface area contributed by atoms with E-state index in [1.165, 1.54) is 12.1 Å². The molecular formula is C22H24ClFN4O3. The molecule has 2 aromatic rings. The molecule has 2 aliphatic rings. The van der Waals surface area contributed by atoms with Crippen molar-refractivity contribution >= 4 is 29.2 Å². The summed E-state index contributed by atoms with van der Waals surface area (Å²) in [6, 6.07) is 7.52. The highest BCUT2D eigenvalue weighted by Gasteiger charge is 2.27. The molecule has 0 unspecified atom stereocenters. The van der Waals surface area contributed by atoms with E-state index in [-0.39, 0.29) is 28.5 Å². The largest absolute Gasteiger partial charge is 0.376 e. The standard InChI is InChI=1S/C22H24ClFN4O3/c23-15-5-6-17(19(24)13-15)22(30)28-10-8-27(9-11-28)20-18(4-1-7-25-20)21(29)26-14-16-3-2-12-31-16/h1,4-7,13,16H,2-3,8-12,14H2,(H,26,29)/t16-/m0/s1. The lowest BCUT2D eigenvalue weighted by Gasteiger charge is -2.36. The molecule has 2 aliphatic heterocycles. The lowest BCUT2D eigenvalue weighted by Crippen LogP contribution is -2.49. The molecular weight excluding hydrogens is 423 g/mol. The Hall–Kier alpha value is -2.71. The first-order valence-electron chi connectivity index (χ1n) is 10.4. The van der Waals surface area contributed by atoms with Crippen LogP contribution in [0.25, 0.3) is 0 Å². The number of benzene rings is 1. The van der Waals surface area contributed by atoms with Gasteiger partial charge in [0.2, 0.25) is 0 Å².